The highest BCUT2D eigenvalue weighted by atomic mass is 79.9. The minimum Gasteiger partial charge on any atom is -0.381 e. The first kappa shape index (κ1) is 17.3. The summed E-state index contributed by atoms with van der Waals surface area (Å²) in [6, 6.07) is 2.15. The quantitative estimate of drug-likeness (QED) is 0.639. The molecule has 1 aliphatic heterocycles. The van der Waals surface area contributed by atoms with E-state index in [1.54, 1.807) is 0 Å². The molecule has 124 valence electrons. The van der Waals surface area contributed by atoms with Gasteiger partial charge in [-0.2, -0.15) is 0 Å². The van der Waals surface area contributed by atoms with Crippen molar-refractivity contribution in [3.8, 4) is 0 Å². The molecule has 1 N–H and O–H groups in total. The molecule has 0 saturated carbocycles. The standard InChI is InChI=1S/C16H27BrN4O/c1-5-18-15(19-11-16(2)6-7-22-12-16)21(4)10-14-8-13(17)9-20(14)3/h8-9H,5-7,10-12H2,1-4H3,(H,18,19). The molecule has 1 aromatic heterocycles. The van der Waals surface area contributed by atoms with Gasteiger partial charge in [-0.15, -0.1) is 0 Å². The summed E-state index contributed by atoms with van der Waals surface area (Å²) >= 11 is 3.52. The van der Waals surface area contributed by atoms with Crippen molar-refractivity contribution >= 4 is 21.9 Å². The summed E-state index contributed by atoms with van der Waals surface area (Å²) in [7, 11) is 4.14. The second-order valence-electron chi connectivity index (χ2n) is 6.40. The summed E-state index contributed by atoms with van der Waals surface area (Å²) in [5, 5.41) is 3.38. The highest BCUT2D eigenvalue weighted by Crippen LogP contribution is 2.28. The van der Waals surface area contributed by atoms with E-state index >= 15 is 0 Å². The summed E-state index contributed by atoms with van der Waals surface area (Å²) in [6.45, 7) is 8.51. The van der Waals surface area contributed by atoms with E-state index in [4.69, 9.17) is 9.73 Å². The topological polar surface area (TPSA) is 41.8 Å². The highest BCUT2D eigenvalue weighted by molar-refractivity contribution is 9.10. The number of aryl methyl sites for hydroxylation is 1. The second kappa shape index (κ2) is 7.51. The van der Waals surface area contributed by atoms with Crippen molar-refractivity contribution in [1.29, 1.82) is 0 Å². The van der Waals surface area contributed by atoms with Crippen LogP contribution < -0.4 is 5.32 Å². The first-order valence-corrected chi connectivity index (χ1v) is 8.61. The van der Waals surface area contributed by atoms with Gasteiger partial charge in [0, 0.05) is 49.0 Å². The van der Waals surface area contributed by atoms with Crippen LogP contribution >= 0.6 is 15.9 Å². The van der Waals surface area contributed by atoms with E-state index in [2.05, 4.69) is 70.9 Å². The Hall–Kier alpha value is -1.01. The third kappa shape index (κ3) is 4.49. The molecular weight excluding hydrogens is 344 g/mol. The molecule has 0 radical (unpaired) electrons. The fourth-order valence-corrected chi connectivity index (χ4v) is 3.18. The molecule has 1 saturated heterocycles. The zero-order valence-corrected chi connectivity index (χ0v) is 15.6. The molecule has 1 atom stereocenters. The van der Waals surface area contributed by atoms with E-state index in [1.165, 1.54) is 5.69 Å². The molecule has 0 spiro atoms. The van der Waals surface area contributed by atoms with Gasteiger partial charge in [0.1, 0.15) is 0 Å². The van der Waals surface area contributed by atoms with Gasteiger partial charge >= 0.3 is 0 Å². The minimum atomic E-state index is 0.176. The molecule has 1 fully saturated rings. The third-order valence-corrected chi connectivity index (χ3v) is 4.51. The number of rotatable bonds is 5. The fourth-order valence-electron chi connectivity index (χ4n) is 2.61. The summed E-state index contributed by atoms with van der Waals surface area (Å²) in [5.41, 5.74) is 1.42. The molecule has 1 aliphatic rings. The lowest BCUT2D eigenvalue weighted by molar-refractivity contribution is 0.162. The number of ether oxygens (including phenoxy) is 1. The maximum Gasteiger partial charge on any atom is 0.194 e. The fraction of sp³-hybridized carbons (Fsp3) is 0.688. The van der Waals surface area contributed by atoms with Gasteiger partial charge in [-0.1, -0.05) is 6.92 Å². The average molecular weight is 371 g/mol. The third-order valence-electron chi connectivity index (χ3n) is 4.08. The zero-order valence-electron chi connectivity index (χ0n) is 14.0. The number of nitrogens with one attached hydrogen (secondary N) is 1. The summed E-state index contributed by atoms with van der Waals surface area (Å²) < 4.78 is 8.76. The Morgan fingerprint density at radius 3 is 2.91 bits per heavy atom. The lowest BCUT2D eigenvalue weighted by atomic mass is 9.90. The van der Waals surface area contributed by atoms with Gasteiger partial charge in [-0.05, 0) is 35.3 Å². The van der Waals surface area contributed by atoms with Gasteiger partial charge in [0.05, 0.1) is 19.7 Å². The first-order valence-electron chi connectivity index (χ1n) is 7.81. The molecule has 2 heterocycles. The highest BCUT2D eigenvalue weighted by Gasteiger charge is 2.29. The van der Waals surface area contributed by atoms with Gasteiger partial charge in [-0.3, -0.25) is 4.99 Å². The smallest absolute Gasteiger partial charge is 0.194 e. The van der Waals surface area contributed by atoms with Crippen LogP contribution in [-0.4, -0.2) is 48.8 Å². The van der Waals surface area contributed by atoms with Gasteiger partial charge < -0.3 is 19.5 Å². The van der Waals surface area contributed by atoms with E-state index < -0.39 is 0 Å². The summed E-state index contributed by atoms with van der Waals surface area (Å²) in [5.74, 6) is 0.952. The predicted molar refractivity (Wildman–Crippen MR) is 94.1 cm³/mol. The summed E-state index contributed by atoms with van der Waals surface area (Å²) in [6.07, 6.45) is 3.16. The number of aromatic nitrogens is 1. The Morgan fingerprint density at radius 1 is 1.59 bits per heavy atom. The Kier molecular flexibility index (Phi) is 5.92. The molecule has 0 bridgehead atoms. The zero-order chi connectivity index (χ0) is 16.2. The predicted octanol–water partition coefficient (Wildman–Crippen LogP) is 2.61. The van der Waals surface area contributed by atoms with Crippen LogP contribution in [0.15, 0.2) is 21.7 Å². The maximum absolute atomic E-state index is 5.52. The molecule has 0 amide bonds. The van der Waals surface area contributed by atoms with Crippen molar-refractivity contribution in [2.45, 2.75) is 26.8 Å². The van der Waals surface area contributed by atoms with Crippen molar-refractivity contribution in [3.63, 3.8) is 0 Å². The van der Waals surface area contributed by atoms with E-state index in [1.807, 2.05) is 0 Å². The van der Waals surface area contributed by atoms with Crippen LogP contribution in [0.2, 0.25) is 0 Å². The molecule has 1 aromatic rings. The number of aliphatic imine (C=N–C) groups is 1. The van der Waals surface area contributed by atoms with Crippen molar-refractivity contribution in [1.82, 2.24) is 14.8 Å². The lowest BCUT2D eigenvalue weighted by Gasteiger charge is -2.25. The van der Waals surface area contributed by atoms with Crippen LogP contribution in [0.4, 0.5) is 0 Å². The molecule has 2 rings (SSSR count). The largest absolute Gasteiger partial charge is 0.381 e. The maximum atomic E-state index is 5.52. The van der Waals surface area contributed by atoms with Gasteiger partial charge in [0.15, 0.2) is 5.96 Å². The van der Waals surface area contributed by atoms with Gasteiger partial charge in [0.2, 0.25) is 0 Å². The average Bonchev–Trinajstić information content (AvgIpc) is 3.01. The van der Waals surface area contributed by atoms with Crippen molar-refractivity contribution in [2.75, 3.05) is 33.4 Å². The van der Waals surface area contributed by atoms with Crippen molar-refractivity contribution in [2.24, 2.45) is 17.5 Å². The van der Waals surface area contributed by atoms with Crippen LogP contribution in [0.1, 0.15) is 26.0 Å². The molecule has 0 aromatic carbocycles. The van der Waals surface area contributed by atoms with Crippen molar-refractivity contribution < 1.29 is 4.74 Å². The number of nitrogens with zero attached hydrogens (tertiary/aromatic N) is 3. The number of guanidine groups is 1. The Bertz CT molecular complexity index is 520. The van der Waals surface area contributed by atoms with Gasteiger partial charge in [-0.25, -0.2) is 0 Å². The Morgan fingerprint density at radius 2 is 2.36 bits per heavy atom. The van der Waals surface area contributed by atoms with Crippen molar-refractivity contribution in [3.05, 3.63) is 22.4 Å². The Balaban J connectivity index is 2.04. The molecule has 0 aliphatic carbocycles. The number of halogens is 1. The molecule has 1 unspecified atom stereocenters. The minimum absolute atomic E-state index is 0.176. The molecular formula is C16H27BrN4O. The van der Waals surface area contributed by atoms with E-state index in [-0.39, 0.29) is 5.41 Å². The van der Waals surface area contributed by atoms with E-state index in [0.717, 1.165) is 49.7 Å². The first-order chi connectivity index (χ1) is 10.4. The van der Waals surface area contributed by atoms with Crippen LogP contribution in [0.5, 0.6) is 0 Å². The van der Waals surface area contributed by atoms with E-state index in [0.29, 0.717) is 0 Å². The second-order valence-corrected chi connectivity index (χ2v) is 7.32. The van der Waals surface area contributed by atoms with Crippen LogP contribution in [0.25, 0.3) is 0 Å². The Labute approximate surface area is 141 Å². The number of hydrogen-bond donors (Lipinski definition) is 1. The molecule has 22 heavy (non-hydrogen) atoms. The monoisotopic (exact) mass is 370 g/mol. The molecule has 6 heteroatoms. The van der Waals surface area contributed by atoms with Gasteiger partial charge in [0.25, 0.3) is 0 Å². The normalized spacial score (nSPS) is 22.1. The van der Waals surface area contributed by atoms with Crippen LogP contribution in [0, 0.1) is 5.41 Å². The van der Waals surface area contributed by atoms with E-state index in [9.17, 15) is 0 Å². The SMILES string of the molecule is CCNC(=NCC1(C)CCOC1)N(C)Cc1cc(Br)cn1C. The number of hydrogen-bond acceptors (Lipinski definition) is 2. The summed E-state index contributed by atoms with van der Waals surface area (Å²) in [4.78, 5) is 7.00. The lowest BCUT2D eigenvalue weighted by Crippen LogP contribution is -2.39. The van der Waals surface area contributed by atoms with Crippen LogP contribution in [-0.2, 0) is 18.3 Å². The molecule has 5 nitrogen and oxygen atoms in total. The van der Waals surface area contributed by atoms with Crippen LogP contribution in [0.3, 0.4) is 0 Å².